The molecule has 0 radical (unpaired) electrons. The van der Waals surface area contributed by atoms with E-state index in [2.05, 4.69) is 4.98 Å². The summed E-state index contributed by atoms with van der Waals surface area (Å²) in [7, 11) is 3.56. The third-order valence-corrected chi connectivity index (χ3v) is 4.98. The van der Waals surface area contributed by atoms with E-state index in [1.165, 1.54) is 0 Å². The molecule has 4 rings (SSSR count). The molecule has 1 atom stereocenters. The Balaban J connectivity index is 1.55. The zero-order valence-electron chi connectivity index (χ0n) is 14.3. The number of ether oxygens (including phenoxy) is 1. The molecule has 0 N–H and O–H groups in total. The molecule has 25 heavy (non-hydrogen) atoms. The number of carbonyl (C=O) groups is 2. The second-order valence-corrected chi connectivity index (χ2v) is 6.78. The Morgan fingerprint density at radius 1 is 1.20 bits per heavy atom. The van der Waals surface area contributed by atoms with Gasteiger partial charge in [-0.1, -0.05) is 30.3 Å². The highest BCUT2D eigenvalue weighted by atomic mass is 16.6. The average Bonchev–Trinajstić information content (AvgIpc) is 3.26. The predicted octanol–water partition coefficient (Wildman–Crippen LogP) is 1.75. The number of carbonyl (C=O) groups excluding carboxylic acids is 2. The topological polar surface area (TPSA) is 67.7 Å². The molecule has 1 spiro atoms. The van der Waals surface area contributed by atoms with Crippen molar-refractivity contribution < 1.29 is 14.3 Å². The van der Waals surface area contributed by atoms with Crippen LogP contribution in [0.4, 0.5) is 4.79 Å². The van der Waals surface area contributed by atoms with Crippen molar-refractivity contribution in [3.63, 3.8) is 0 Å². The van der Waals surface area contributed by atoms with Gasteiger partial charge in [0.1, 0.15) is 11.5 Å². The van der Waals surface area contributed by atoms with Crippen molar-refractivity contribution in [2.24, 2.45) is 7.05 Å². The summed E-state index contributed by atoms with van der Waals surface area (Å²) in [6.07, 6.45) is 1.96. The Morgan fingerprint density at radius 3 is 2.64 bits per heavy atom. The van der Waals surface area contributed by atoms with E-state index in [4.69, 9.17) is 4.74 Å². The number of likely N-dealkylation sites (tertiary alicyclic amines) is 1. The van der Waals surface area contributed by atoms with Crippen LogP contribution in [-0.4, -0.2) is 63.6 Å². The van der Waals surface area contributed by atoms with E-state index in [1.807, 2.05) is 41.9 Å². The van der Waals surface area contributed by atoms with Gasteiger partial charge in [0.15, 0.2) is 5.60 Å². The van der Waals surface area contributed by atoms with Crippen LogP contribution in [0.15, 0.2) is 36.5 Å². The number of nitrogens with zero attached hydrogens (tertiary/aromatic N) is 4. The van der Waals surface area contributed by atoms with Crippen LogP contribution in [0.25, 0.3) is 11.4 Å². The molecular weight excluding hydrogens is 320 g/mol. The Hall–Kier alpha value is -2.83. The van der Waals surface area contributed by atoms with Crippen LogP contribution in [0.1, 0.15) is 16.9 Å². The fourth-order valence-electron chi connectivity index (χ4n) is 3.65. The zero-order chi connectivity index (χ0) is 17.6. The molecule has 130 valence electrons. The number of aromatic nitrogens is 2. The lowest BCUT2D eigenvalue weighted by atomic mass is 10.0. The predicted molar refractivity (Wildman–Crippen MR) is 91.0 cm³/mol. The van der Waals surface area contributed by atoms with Gasteiger partial charge in [-0.2, -0.15) is 0 Å². The number of likely N-dealkylation sites (N-methyl/N-ethyl adjacent to an activating group) is 1. The van der Waals surface area contributed by atoms with E-state index in [9.17, 15) is 9.59 Å². The monoisotopic (exact) mass is 340 g/mol. The van der Waals surface area contributed by atoms with Gasteiger partial charge in [-0.3, -0.25) is 4.79 Å². The van der Waals surface area contributed by atoms with Crippen molar-refractivity contribution in [3.8, 4) is 11.4 Å². The first kappa shape index (κ1) is 15.7. The molecule has 2 fully saturated rings. The number of imidazole rings is 1. The average molecular weight is 340 g/mol. The highest BCUT2D eigenvalue weighted by Gasteiger charge is 2.49. The molecule has 1 aromatic carbocycles. The van der Waals surface area contributed by atoms with Crippen LogP contribution in [0.2, 0.25) is 0 Å². The first-order valence-corrected chi connectivity index (χ1v) is 8.30. The van der Waals surface area contributed by atoms with E-state index in [1.54, 1.807) is 23.0 Å². The van der Waals surface area contributed by atoms with Gasteiger partial charge in [0, 0.05) is 32.6 Å². The van der Waals surface area contributed by atoms with Crippen molar-refractivity contribution in [2.75, 3.05) is 26.7 Å². The van der Waals surface area contributed by atoms with E-state index >= 15 is 0 Å². The molecule has 1 aromatic heterocycles. The summed E-state index contributed by atoms with van der Waals surface area (Å²) >= 11 is 0. The molecule has 0 bridgehead atoms. The van der Waals surface area contributed by atoms with E-state index in [0.29, 0.717) is 31.7 Å². The van der Waals surface area contributed by atoms with Gasteiger partial charge in [0.2, 0.25) is 0 Å². The minimum atomic E-state index is -0.567. The van der Waals surface area contributed by atoms with Gasteiger partial charge in [-0.15, -0.1) is 0 Å². The molecule has 1 unspecified atom stereocenters. The highest BCUT2D eigenvalue weighted by Crippen LogP contribution is 2.32. The number of hydrogen-bond donors (Lipinski definition) is 0. The van der Waals surface area contributed by atoms with Gasteiger partial charge < -0.3 is 19.1 Å². The van der Waals surface area contributed by atoms with Crippen LogP contribution in [-0.2, 0) is 11.8 Å². The Labute approximate surface area is 145 Å². The van der Waals surface area contributed by atoms with Crippen LogP contribution in [0.3, 0.4) is 0 Å². The summed E-state index contributed by atoms with van der Waals surface area (Å²) in [6, 6.07) is 9.77. The minimum absolute atomic E-state index is 0.0836. The molecule has 2 aliphatic heterocycles. The molecule has 3 heterocycles. The van der Waals surface area contributed by atoms with Gasteiger partial charge in [-0.05, 0) is 0 Å². The first-order valence-electron chi connectivity index (χ1n) is 8.30. The Morgan fingerprint density at radius 2 is 1.96 bits per heavy atom. The number of hydrogen-bond acceptors (Lipinski definition) is 4. The molecule has 0 saturated carbocycles. The second kappa shape index (κ2) is 5.61. The van der Waals surface area contributed by atoms with Crippen molar-refractivity contribution >= 4 is 12.0 Å². The summed E-state index contributed by atoms with van der Waals surface area (Å²) in [5.74, 6) is 0.671. The van der Waals surface area contributed by atoms with Crippen LogP contribution in [0.5, 0.6) is 0 Å². The third-order valence-electron chi connectivity index (χ3n) is 4.98. The molecule has 7 heteroatoms. The molecule has 2 amide bonds. The van der Waals surface area contributed by atoms with Crippen LogP contribution in [0, 0.1) is 0 Å². The molecule has 2 aromatic rings. The summed E-state index contributed by atoms with van der Waals surface area (Å²) in [5, 5.41) is 0. The SMILES string of the molecule is CN1CC2(CCN(C(=O)c3cnc(-c4ccccc4)n3C)C2)OC1=O. The van der Waals surface area contributed by atoms with E-state index < -0.39 is 5.60 Å². The van der Waals surface area contributed by atoms with Crippen molar-refractivity contribution in [3.05, 3.63) is 42.2 Å². The number of benzene rings is 1. The van der Waals surface area contributed by atoms with Gasteiger partial charge >= 0.3 is 6.09 Å². The summed E-state index contributed by atoms with van der Waals surface area (Å²) in [5.41, 5.74) is 0.935. The fraction of sp³-hybridized carbons (Fsp3) is 0.389. The van der Waals surface area contributed by atoms with E-state index in [-0.39, 0.29) is 12.0 Å². The third kappa shape index (κ3) is 2.56. The quantitative estimate of drug-likeness (QED) is 0.835. The summed E-state index contributed by atoms with van der Waals surface area (Å²) in [6.45, 7) is 1.52. The largest absolute Gasteiger partial charge is 0.439 e. The standard InChI is InChI=1S/C18H20N4O3/c1-20-11-18(25-17(20)24)8-9-22(12-18)16(23)14-10-19-15(21(14)2)13-6-4-3-5-7-13/h3-7,10H,8-9,11-12H2,1-2H3. The van der Waals surface area contributed by atoms with Crippen LogP contribution < -0.4 is 0 Å². The van der Waals surface area contributed by atoms with Gasteiger partial charge in [-0.25, -0.2) is 9.78 Å². The number of amides is 2. The Bertz CT molecular complexity index is 832. The normalized spacial score (nSPS) is 22.7. The molecule has 2 aliphatic rings. The van der Waals surface area contributed by atoms with E-state index in [0.717, 1.165) is 11.4 Å². The lowest BCUT2D eigenvalue weighted by molar-refractivity contribution is 0.0549. The molecule has 2 saturated heterocycles. The lowest BCUT2D eigenvalue weighted by Crippen LogP contribution is -2.39. The maximum atomic E-state index is 12.9. The first-order chi connectivity index (χ1) is 12.0. The zero-order valence-corrected chi connectivity index (χ0v) is 14.3. The fourth-order valence-corrected chi connectivity index (χ4v) is 3.65. The maximum absolute atomic E-state index is 12.9. The lowest BCUT2D eigenvalue weighted by Gasteiger charge is -2.21. The molecular formula is C18H20N4O3. The minimum Gasteiger partial charge on any atom is -0.439 e. The van der Waals surface area contributed by atoms with Gasteiger partial charge in [0.05, 0.1) is 19.3 Å². The smallest absolute Gasteiger partial charge is 0.410 e. The van der Waals surface area contributed by atoms with Crippen LogP contribution >= 0.6 is 0 Å². The highest BCUT2D eigenvalue weighted by molar-refractivity contribution is 5.93. The van der Waals surface area contributed by atoms with Crippen molar-refractivity contribution in [2.45, 2.75) is 12.0 Å². The van der Waals surface area contributed by atoms with Gasteiger partial charge in [0.25, 0.3) is 5.91 Å². The van der Waals surface area contributed by atoms with Crippen molar-refractivity contribution in [1.82, 2.24) is 19.4 Å². The molecule has 0 aliphatic carbocycles. The molecule has 7 nitrogen and oxygen atoms in total. The number of rotatable bonds is 2. The second-order valence-electron chi connectivity index (χ2n) is 6.78. The summed E-state index contributed by atoms with van der Waals surface area (Å²) in [4.78, 5) is 32.3. The van der Waals surface area contributed by atoms with Crippen molar-refractivity contribution in [1.29, 1.82) is 0 Å². The summed E-state index contributed by atoms with van der Waals surface area (Å²) < 4.78 is 7.33. The Kier molecular flexibility index (Phi) is 3.52. The maximum Gasteiger partial charge on any atom is 0.410 e.